The van der Waals surface area contributed by atoms with E-state index in [2.05, 4.69) is 0 Å². The molecule has 7 heteroatoms. The number of aliphatic hydroxyl groups is 1. The average molecular weight is 420 g/mol. The van der Waals surface area contributed by atoms with Crippen molar-refractivity contribution in [3.05, 3.63) is 35.5 Å². The summed E-state index contributed by atoms with van der Waals surface area (Å²) in [4.78, 5) is 35.6. The summed E-state index contributed by atoms with van der Waals surface area (Å²) in [5.74, 6) is -2.18. The van der Waals surface area contributed by atoms with Crippen molar-refractivity contribution in [2.45, 2.75) is 63.9 Å². The summed E-state index contributed by atoms with van der Waals surface area (Å²) < 4.78 is 38.4. The highest BCUT2D eigenvalue weighted by Crippen LogP contribution is 2.70. The fourth-order valence-corrected chi connectivity index (χ4v) is 6.47. The van der Waals surface area contributed by atoms with Crippen LogP contribution < -0.4 is 0 Å². The molecule has 0 heterocycles. The zero-order valence-corrected chi connectivity index (χ0v) is 17.3. The minimum absolute atomic E-state index is 0.137. The van der Waals surface area contributed by atoms with E-state index in [-0.39, 0.29) is 37.0 Å². The first-order valence-electron chi connectivity index (χ1n) is 10.3. The van der Waals surface area contributed by atoms with Crippen molar-refractivity contribution in [2.75, 3.05) is 6.61 Å². The minimum atomic E-state index is -2.63. The molecule has 4 aliphatic rings. The molecule has 0 spiro atoms. The van der Waals surface area contributed by atoms with E-state index in [4.69, 9.17) is 4.74 Å². The molecule has 0 aromatic carbocycles. The van der Waals surface area contributed by atoms with Crippen molar-refractivity contribution >= 4 is 17.5 Å². The number of ketones is 2. The third-order valence-corrected chi connectivity index (χ3v) is 7.96. The van der Waals surface area contributed by atoms with Gasteiger partial charge in [-0.15, -0.1) is 0 Å². The number of allylic oxidation sites excluding steroid dienone is 5. The Hall–Kier alpha value is -2.15. The molecule has 162 valence electrons. The molecule has 0 aromatic rings. The number of halogens is 2. The summed E-state index contributed by atoms with van der Waals surface area (Å²) in [5.41, 5.74) is -6.77. The van der Waals surface area contributed by atoms with Crippen LogP contribution in [0.3, 0.4) is 0 Å². The number of fused-ring (bicyclic) bond motifs is 5. The van der Waals surface area contributed by atoms with Crippen LogP contribution in [0.5, 0.6) is 0 Å². The van der Waals surface area contributed by atoms with Gasteiger partial charge in [0.2, 0.25) is 0 Å². The number of rotatable bonds is 3. The SMILES string of the molecule is CC(=O)OCC(=O)C1=CC[C@@H]2[C@]1(C)C[C@H](O)[C@]1(F)[C@@]3(C)C=CC(=O)C=C3CC[C@]21F. The van der Waals surface area contributed by atoms with Gasteiger partial charge in [0, 0.05) is 29.2 Å². The quantitative estimate of drug-likeness (QED) is 0.710. The second-order valence-electron chi connectivity index (χ2n) is 9.43. The molecule has 30 heavy (non-hydrogen) atoms. The van der Waals surface area contributed by atoms with Crippen LogP contribution in [0.1, 0.15) is 46.5 Å². The summed E-state index contributed by atoms with van der Waals surface area (Å²) >= 11 is 0. The number of aliphatic hydroxyl groups excluding tert-OH is 1. The topological polar surface area (TPSA) is 80.7 Å². The van der Waals surface area contributed by atoms with E-state index in [1.807, 2.05) is 0 Å². The third kappa shape index (κ3) is 2.44. The molecule has 0 bridgehead atoms. The van der Waals surface area contributed by atoms with E-state index >= 15 is 8.78 Å². The number of ether oxygens (including phenoxy) is 1. The Morgan fingerprint density at radius 2 is 2.00 bits per heavy atom. The maximum Gasteiger partial charge on any atom is 0.303 e. The molecule has 4 aliphatic carbocycles. The smallest absolute Gasteiger partial charge is 0.303 e. The first-order chi connectivity index (χ1) is 13.9. The van der Waals surface area contributed by atoms with E-state index < -0.39 is 52.5 Å². The molecule has 0 aliphatic heterocycles. The minimum Gasteiger partial charge on any atom is -0.457 e. The van der Waals surface area contributed by atoms with Crippen LogP contribution in [-0.4, -0.2) is 46.7 Å². The normalized spacial score (nSPS) is 44.4. The molecular formula is C23H26F2O5. The lowest BCUT2D eigenvalue weighted by Crippen LogP contribution is -2.74. The Morgan fingerprint density at radius 3 is 2.67 bits per heavy atom. The van der Waals surface area contributed by atoms with Gasteiger partial charge in [-0.3, -0.25) is 14.4 Å². The zero-order valence-electron chi connectivity index (χ0n) is 17.3. The fourth-order valence-electron chi connectivity index (χ4n) is 6.47. The number of Topliss-reactive ketones (excluding diaryl/α,β-unsaturated/α-hetero) is 1. The highest BCUT2D eigenvalue weighted by molar-refractivity contribution is 6.01. The Kier molecular flexibility index (Phi) is 4.52. The van der Waals surface area contributed by atoms with Crippen molar-refractivity contribution in [1.29, 1.82) is 0 Å². The summed E-state index contributed by atoms with van der Waals surface area (Å²) in [5, 5.41) is 11.0. The van der Waals surface area contributed by atoms with Gasteiger partial charge in [0.05, 0.1) is 6.10 Å². The highest BCUT2D eigenvalue weighted by Gasteiger charge is 2.77. The van der Waals surface area contributed by atoms with Crippen molar-refractivity contribution in [3.63, 3.8) is 0 Å². The Labute approximate surface area is 173 Å². The molecule has 5 nitrogen and oxygen atoms in total. The van der Waals surface area contributed by atoms with Gasteiger partial charge in [0.25, 0.3) is 0 Å². The van der Waals surface area contributed by atoms with E-state index in [1.165, 1.54) is 32.1 Å². The lowest BCUT2D eigenvalue weighted by atomic mass is 9.44. The lowest BCUT2D eigenvalue weighted by Gasteiger charge is -2.64. The predicted molar refractivity (Wildman–Crippen MR) is 104 cm³/mol. The average Bonchev–Trinajstić information content (AvgIpc) is 3.01. The second kappa shape index (κ2) is 6.42. The molecule has 1 N–H and O–H groups in total. The van der Waals surface area contributed by atoms with Gasteiger partial charge in [-0.2, -0.15) is 0 Å². The molecular weight excluding hydrogens is 394 g/mol. The van der Waals surface area contributed by atoms with Gasteiger partial charge in [-0.25, -0.2) is 8.78 Å². The van der Waals surface area contributed by atoms with Gasteiger partial charge in [-0.1, -0.05) is 24.6 Å². The number of hydrogen-bond donors (Lipinski definition) is 1. The predicted octanol–water partition coefficient (Wildman–Crippen LogP) is 3.12. The lowest BCUT2D eigenvalue weighted by molar-refractivity contribution is -0.244. The standard InChI is InChI=1S/C23H26F2O5/c1-13(26)30-12-17(28)16-4-5-18-20(16,2)11-19(29)23(25)21(3)8-7-15(27)10-14(21)6-9-22(18,23)24/h4,7-8,10,18-19,29H,5-6,9,11-12H2,1-3H3/t18-,19+,20-,21+,22+,23+/m1/s1. The summed E-state index contributed by atoms with van der Waals surface area (Å²) in [7, 11) is 0. The van der Waals surface area contributed by atoms with Crippen molar-refractivity contribution < 1.29 is 33.0 Å². The maximum atomic E-state index is 16.8. The summed E-state index contributed by atoms with van der Waals surface area (Å²) in [6, 6.07) is 0. The maximum absolute atomic E-state index is 16.8. The van der Waals surface area contributed by atoms with Gasteiger partial charge in [-0.05, 0) is 44.8 Å². The second-order valence-corrected chi connectivity index (χ2v) is 9.43. The first-order valence-corrected chi connectivity index (χ1v) is 10.3. The Bertz CT molecular complexity index is 936. The Balaban J connectivity index is 1.74. The van der Waals surface area contributed by atoms with Crippen LogP contribution in [-0.2, 0) is 19.1 Å². The molecule has 0 unspecified atom stereocenters. The fraction of sp³-hybridized carbons (Fsp3) is 0.609. The van der Waals surface area contributed by atoms with E-state index in [0.717, 1.165) is 0 Å². The number of alkyl halides is 2. The van der Waals surface area contributed by atoms with E-state index in [9.17, 15) is 19.5 Å². The summed E-state index contributed by atoms with van der Waals surface area (Å²) in [6.07, 6.45) is 3.93. The number of carbonyl (C=O) groups is 3. The molecule has 0 amide bonds. The zero-order chi connectivity index (χ0) is 22.1. The number of hydrogen-bond acceptors (Lipinski definition) is 5. The van der Waals surface area contributed by atoms with E-state index in [1.54, 1.807) is 13.0 Å². The van der Waals surface area contributed by atoms with Crippen LogP contribution in [0.2, 0.25) is 0 Å². The van der Waals surface area contributed by atoms with Gasteiger partial charge in [0.1, 0.15) is 0 Å². The number of carbonyl (C=O) groups excluding carboxylic acids is 3. The van der Waals surface area contributed by atoms with Crippen LogP contribution in [0.25, 0.3) is 0 Å². The molecule has 2 fully saturated rings. The van der Waals surface area contributed by atoms with Gasteiger partial charge >= 0.3 is 5.97 Å². The first kappa shape index (κ1) is 21.1. The van der Waals surface area contributed by atoms with E-state index in [0.29, 0.717) is 5.57 Å². The Morgan fingerprint density at radius 1 is 1.30 bits per heavy atom. The largest absolute Gasteiger partial charge is 0.457 e. The van der Waals surface area contributed by atoms with Gasteiger partial charge in [0.15, 0.2) is 29.5 Å². The van der Waals surface area contributed by atoms with Crippen LogP contribution >= 0.6 is 0 Å². The monoisotopic (exact) mass is 420 g/mol. The highest BCUT2D eigenvalue weighted by atomic mass is 19.2. The molecule has 4 rings (SSSR count). The molecule has 6 atom stereocenters. The van der Waals surface area contributed by atoms with Crippen molar-refractivity contribution in [2.24, 2.45) is 16.7 Å². The van der Waals surface area contributed by atoms with Crippen LogP contribution in [0.15, 0.2) is 35.5 Å². The van der Waals surface area contributed by atoms with Crippen LogP contribution in [0.4, 0.5) is 8.78 Å². The molecule has 0 saturated heterocycles. The molecule has 0 aromatic heterocycles. The number of esters is 1. The molecule has 0 radical (unpaired) electrons. The molecule has 2 saturated carbocycles. The van der Waals surface area contributed by atoms with Crippen molar-refractivity contribution in [1.82, 2.24) is 0 Å². The van der Waals surface area contributed by atoms with Gasteiger partial charge < -0.3 is 9.84 Å². The third-order valence-electron chi connectivity index (χ3n) is 7.96. The van der Waals surface area contributed by atoms with Crippen LogP contribution in [0, 0.1) is 16.7 Å². The van der Waals surface area contributed by atoms with Crippen molar-refractivity contribution in [3.8, 4) is 0 Å². The summed E-state index contributed by atoms with van der Waals surface area (Å²) in [6.45, 7) is 3.95.